The molecule has 0 aliphatic heterocycles. The molecule has 0 aliphatic carbocycles. The number of aliphatic hydroxyl groups excluding tert-OH is 1. The number of hydrogen-bond donors (Lipinski definition) is 3. The number of benzene rings is 2. The topological polar surface area (TPSA) is 57.3 Å². The summed E-state index contributed by atoms with van der Waals surface area (Å²) in [4.78, 5) is 3.33. The predicted molar refractivity (Wildman–Crippen MR) is 119 cm³/mol. The van der Waals surface area contributed by atoms with E-state index in [2.05, 4.69) is 61.5 Å². The van der Waals surface area contributed by atoms with Crippen molar-refractivity contribution in [3.05, 3.63) is 65.4 Å². The molecule has 0 aliphatic rings. The van der Waals surface area contributed by atoms with Gasteiger partial charge in [-0.15, -0.1) is 12.4 Å². The van der Waals surface area contributed by atoms with Crippen LogP contribution >= 0.6 is 12.4 Å². The van der Waals surface area contributed by atoms with Crippen molar-refractivity contribution in [1.29, 1.82) is 0 Å². The van der Waals surface area contributed by atoms with Crippen LogP contribution < -0.4 is 10.1 Å². The van der Waals surface area contributed by atoms with E-state index in [-0.39, 0.29) is 24.6 Å². The predicted octanol–water partition coefficient (Wildman–Crippen LogP) is 4.56. The quantitative estimate of drug-likeness (QED) is 0.517. The van der Waals surface area contributed by atoms with Crippen LogP contribution in [0.15, 0.2) is 48.7 Å². The summed E-state index contributed by atoms with van der Waals surface area (Å²) in [5, 5.41) is 15.1. The second kappa shape index (κ2) is 9.46. The normalized spacial score (nSPS) is 12.6. The van der Waals surface area contributed by atoms with Crippen LogP contribution in [-0.4, -0.2) is 34.9 Å². The maximum Gasteiger partial charge on any atom is 0.122 e. The van der Waals surface area contributed by atoms with E-state index in [1.165, 1.54) is 16.5 Å². The monoisotopic (exact) mass is 402 g/mol. The summed E-state index contributed by atoms with van der Waals surface area (Å²) >= 11 is 0. The van der Waals surface area contributed by atoms with Crippen molar-refractivity contribution in [2.24, 2.45) is 0 Å². The summed E-state index contributed by atoms with van der Waals surface area (Å²) in [7, 11) is 0. The van der Waals surface area contributed by atoms with E-state index in [1.54, 1.807) is 0 Å². The summed E-state index contributed by atoms with van der Waals surface area (Å²) in [5.41, 5.74) is 4.61. The minimum Gasteiger partial charge on any atom is -0.491 e. The molecule has 1 aromatic heterocycles. The third kappa shape index (κ3) is 5.74. The molecule has 0 saturated heterocycles. The van der Waals surface area contributed by atoms with Crippen LogP contribution in [0.1, 0.15) is 30.5 Å². The van der Waals surface area contributed by atoms with Crippen LogP contribution in [0.4, 0.5) is 0 Å². The average Bonchev–Trinajstić information content (AvgIpc) is 3.02. The molecule has 5 heteroatoms. The number of halogens is 1. The summed E-state index contributed by atoms with van der Waals surface area (Å²) in [6.45, 7) is 9.17. The highest BCUT2D eigenvalue weighted by Crippen LogP contribution is 2.22. The van der Waals surface area contributed by atoms with Crippen LogP contribution in [-0.2, 0) is 6.42 Å². The number of ether oxygens (including phenoxy) is 1. The molecule has 0 fully saturated rings. The number of fused-ring (bicyclic) bond motifs is 1. The van der Waals surface area contributed by atoms with Gasteiger partial charge in [0.2, 0.25) is 0 Å². The number of hydrogen-bond acceptors (Lipinski definition) is 3. The van der Waals surface area contributed by atoms with Crippen molar-refractivity contribution >= 4 is 23.3 Å². The minimum atomic E-state index is -0.562. The van der Waals surface area contributed by atoms with Crippen LogP contribution in [0, 0.1) is 13.8 Å². The van der Waals surface area contributed by atoms with Crippen LogP contribution in [0.2, 0.25) is 0 Å². The third-order valence-electron chi connectivity index (χ3n) is 4.89. The molecule has 0 radical (unpaired) electrons. The molecule has 28 heavy (non-hydrogen) atoms. The number of aryl methyl sites for hydroxylation is 2. The average molecular weight is 403 g/mol. The fourth-order valence-electron chi connectivity index (χ4n) is 3.42. The van der Waals surface area contributed by atoms with Gasteiger partial charge in [-0.1, -0.05) is 35.9 Å². The van der Waals surface area contributed by atoms with E-state index in [4.69, 9.17) is 4.74 Å². The largest absolute Gasteiger partial charge is 0.491 e. The Labute approximate surface area is 173 Å². The van der Waals surface area contributed by atoms with Gasteiger partial charge < -0.3 is 20.1 Å². The van der Waals surface area contributed by atoms with Gasteiger partial charge in [0.25, 0.3) is 0 Å². The van der Waals surface area contributed by atoms with Gasteiger partial charge in [-0.05, 0) is 57.4 Å². The van der Waals surface area contributed by atoms with Gasteiger partial charge in [-0.2, -0.15) is 0 Å². The lowest BCUT2D eigenvalue weighted by Crippen LogP contribution is -2.46. The Kier molecular flexibility index (Phi) is 7.53. The molecule has 3 N–H and O–H groups in total. The highest BCUT2D eigenvalue weighted by molar-refractivity contribution is 5.85. The van der Waals surface area contributed by atoms with E-state index in [1.807, 2.05) is 25.1 Å². The van der Waals surface area contributed by atoms with Crippen molar-refractivity contribution < 1.29 is 9.84 Å². The zero-order valence-corrected chi connectivity index (χ0v) is 17.9. The summed E-state index contributed by atoms with van der Waals surface area (Å²) in [5.74, 6) is 0.831. The molecule has 1 atom stereocenters. The third-order valence-corrected chi connectivity index (χ3v) is 4.89. The number of aliphatic hydroxyl groups is 1. The highest BCUT2D eigenvalue weighted by Gasteiger charge is 2.21. The number of aromatic amines is 1. The maximum atomic E-state index is 10.3. The van der Waals surface area contributed by atoms with E-state index in [0.717, 1.165) is 23.3 Å². The Balaban J connectivity index is 0.00000280. The summed E-state index contributed by atoms with van der Waals surface area (Å²) in [6.07, 6.45) is 2.39. The van der Waals surface area contributed by atoms with E-state index >= 15 is 0 Å². The van der Waals surface area contributed by atoms with Gasteiger partial charge in [-0.25, -0.2) is 0 Å². The molecular weight excluding hydrogens is 372 g/mol. The Bertz CT molecular complexity index is 905. The lowest BCUT2D eigenvalue weighted by Gasteiger charge is -2.28. The second-order valence-electron chi connectivity index (χ2n) is 8.03. The van der Waals surface area contributed by atoms with Gasteiger partial charge in [0.1, 0.15) is 18.5 Å². The molecule has 152 valence electrons. The highest BCUT2D eigenvalue weighted by atomic mass is 35.5. The Morgan fingerprint density at radius 1 is 1.14 bits per heavy atom. The summed E-state index contributed by atoms with van der Waals surface area (Å²) < 4.78 is 5.79. The smallest absolute Gasteiger partial charge is 0.122 e. The Morgan fingerprint density at radius 3 is 2.64 bits per heavy atom. The lowest BCUT2D eigenvalue weighted by atomic mass is 9.94. The van der Waals surface area contributed by atoms with Gasteiger partial charge in [0.15, 0.2) is 0 Å². The molecule has 1 unspecified atom stereocenters. The fourth-order valence-corrected chi connectivity index (χ4v) is 3.42. The lowest BCUT2D eigenvalue weighted by molar-refractivity contribution is 0.0985. The molecule has 2 aromatic carbocycles. The SMILES string of the molecule is Cc1ccc(OCC(O)CNC(C)(C)Cc2c[nH]c3ccccc23)c(C)c1.Cl. The van der Waals surface area contributed by atoms with Gasteiger partial charge in [-0.3, -0.25) is 0 Å². The summed E-state index contributed by atoms with van der Waals surface area (Å²) in [6, 6.07) is 14.4. The van der Waals surface area contributed by atoms with Crippen molar-refractivity contribution in [2.45, 2.75) is 45.8 Å². The number of nitrogens with one attached hydrogen (secondary N) is 2. The number of rotatable bonds is 8. The minimum absolute atomic E-state index is 0. The number of β-amino-alcohol motifs (C(OH)–C–C–N with tert-alkyl or cyclic N) is 1. The number of para-hydroxylation sites is 1. The van der Waals surface area contributed by atoms with E-state index < -0.39 is 6.10 Å². The Morgan fingerprint density at radius 2 is 1.89 bits per heavy atom. The standard InChI is InChI=1S/C23H30N2O2.ClH/c1-16-9-10-22(17(2)11-16)27-15-19(26)14-25-23(3,4)12-18-13-24-21-8-6-5-7-20(18)21;/h5-11,13,19,24-26H,12,14-15H2,1-4H3;1H. The second-order valence-corrected chi connectivity index (χ2v) is 8.03. The molecule has 0 bridgehead atoms. The van der Waals surface area contributed by atoms with Gasteiger partial charge in [0.05, 0.1) is 0 Å². The zero-order chi connectivity index (χ0) is 19.4. The number of aromatic nitrogens is 1. The van der Waals surface area contributed by atoms with E-state index in [9.17, 15) is 5.11 Å². The first-order valence-corrected chi connectivity index (χ1v) is 9.52. The van der Waals surface area contributed by atoms with Crippen LogP contribution in [0.5, 0.6) is 5.75 Å². The van der Waals surface area contributed by atoms with Crippen LogP contribution in [0.25, 0.3) is 10.9 Å². The van der Waals surface area contributed by atoms with Crippen molar-refractivity contribution in [2.75, 3.05) is 13.2 Å². The molecule has 0 saturated carbocycles. The molecule has 1 heterocycles. The van der Waals surface area contributed by atoms with E-state index in [0.29, 0.717) is 6.54 Å². The molecule has 0 amide bonds. The molecule has 3 aromatic rings. The fraction of sp³-hybridized carbons (Fsp3) is 0.391. The Hall–Kier alpha value is -2.01. The first kappa shape index (κ1) is 22.3. The maximum absolute atomic E-state index is 10.3. The van der Waals surface area contributed by atoms with Gasteiger partial charge >= 0.3 is 0 Å². The van der Waals surface area contributed by atoms with Crippen molar-refractivity contribution in [3.63, 3.8) is 0 Å². The zero-order valence-electron chi connectivity index (χ0n) is 17.1. The van der Waals surface area contributed by atoms with Crippen molar-refractivity contribution in [1.82, 2.24) is 10.3 Å². The van der Waals surface area contributed by atoms with Gasteiger partial charge in [0, 0.05) is 29.2 Å². The number of H-pyrrole nitrogens is 1. The van der Waals surface area contributed by atoms with Crippen LogP contribution in [0.3, 0.4) is 0 Å². The first-order chi connectivity index (χ1) is 12.8. The molecule has 0 spiro atoms. The van der Waals surface area contributed by atoms with Crippen molar-refractivity contribution in [3.8, 4) is 5.75 Å². The molecular formula is C23H31ClN2O2. The first-order valence-electron chi connectivity index (χ1n) is 9.52. The molecule has 4 nitrogen and oxygen atoms in total. The molecule has 3 rings (SSSR count).